The molecule has 0 bridgehead atoms. The van der Waals surface area contributed by atoms with Crippen LogP contribution in [0.5, 0.6) is 0 Å². The molecule has 0 aromatic heterocycles. The molecule has 0 heteroatoms. The fourth-order valence-electron chi connectivity index (χ4n) is 3.91. The van der Waals surface area contributed by atoms with Crippen LogP contribution in [0.1, 0.15) is 91.9 Å². The zero-order valence-electron chi connectivity index (χ0n) is 13.4. The summed E-state index contributed by atoms with van der Waals surface area (Å²) in [5.74, 6) is 4.29. The second kappa shape index (κ2) is 8.99. The highest BCUT2D eigenvalue weighted by atomic mass is 14.3. The highest BCUT2D eigenvalue weighted by molar-refractivity contribution is 4.77. The molecule has 2 rings (SSSR count). The average molecular weight is 252 g/mol. The molecular formula is C18H36. The smallest absolute Gasteiger partial charge is 0.0411 e. The van der Waals surface area contributed by atoms with Gasteiger partial charge in [0.05, 0.1) is 0 Å². The first kappa shape index (κ1) is 16.1. The second-order valence-electron chi connectivity index (χ2n) is 6.66. The molecule has 0 atom stereocenters. The maximum absolute atomic E-state index is 2.43. The number of hydrogen-bond acceptors (Lipinski definition) is 0. The van der Waals surface area contributed by atoms with Gasteiger partial charge in [0, 0.05) is 0 Å². The van der Waals surface area contributed by atoms with Crippen molar-refractivity contribution in [2.24, 2.45) is 23.7 Å². The molecule has 0 saturated heterocycles. The van der Waals surface area contributed by atoms with Gasteiger partial charge in [-0.15, -0.1) is 0 Å². The van der Waals surface area contributed by atoms with Crippen molar-refractivity contribution in [3.63, 3.8) is 0 Å². The maximum Gasteiger partial charge on any atom is -0.0411 e. The lowest BCUT2D eigenvalue weighted by Gasteiger charge is -2.33. The Bertz CT molecular complexity index is 180. The molecule has 2 fully saturated rings. The molecule has 0 unspecified atom stereocenters. The minimum Gasteiger partial charge on any atom is -0.0683 e. The van der Waals surface area contributed by atoms with E-state index in [4.69, 9.17) is 0 Å². The molecule has 0 aromatic rings. The first-order chi connectivity index (χ1) is 8.78. The minimum atomic E-state index is 1.02. The van der Waals surface area contributed by atoms with Crippen LogP contribution in [-0.2, 0) is 0 Å². The summed E-state index contributed by atoms with van der Waals surface area (Å²) in [5.41, 5.74) is 0. The Balaban J connectivity index is 0.000000771. The molecule has 2 saturated carbocycles. The SMILES string of the molecule is CC.CCC1CCC(CC2CCC(C)CC2)CC1. The molecule has 0 amide bonds. The van der Waals surface area contributed by atoms with Crippen molar-refractivity contribution in [3.8, 4) is 0 Å². The van der Waals surface area contributed by atoms with Crippen LogP contribution in [0.4, 0.5) is 0 Å². The summed E-state index contributed by atoms with van der Waals surface area (Å²) in [6.45, 7) is 8.80. The summed E-state index contributed by atoms with van der Waals surface area (Å²) in [6, 6.07) is 0. The van der Waals surface area contributed by atoms with Gasteiger partial charge in [0.15, 0.2) is 0 Å². The monoisotopic (exact) mass is 252 g/mol. The van der Waals surface area contributed by atoms with Crippen LogP contribution in [0.3, 0.4) is 0 Å². The van der Waals surface area contributed by atoms with Crippen molar-refractivity contribution < 1.29 is 0 Å². The van der Waals surface area contributed by atoms with Gasteiger partial charge in [0.2, 0.25) is 0 Å². The van der Waals surface area contributed by atoms with E-state index in [1.165, 1.54) is 44.9 Å². The van der Waals surface area contributed by atoms with Gasteiger partial charge >= 0.3 is 0 Å². The molecule has 0 heterocycles. The summed E-state index contributed by atoms with van der Waals surface area (Å²) in [5, 5.41) is 0. The molecule has 0 radical (unpaired) electrons. The largest absolute Gasteiger partial charge is 0.0683 e. The van der Waals surface area contributed by atoms with E-state index in [0.29, 0.717) is 0 Å². The van der Waals surface area contributed by atoms with Crippen molar-refractivity contribution in [1.82, 2.24) is 0 Å². The molecule has 108 valence electrons. The van der Waals surface area contributed by atoms with Crippen LogP contribution in [-0.4, -0.2) is 0 Å². The lowest BCUT2D eigenvalue weighted by molar-refractivity contribution is 0.194. The Morgan fingerprint density at radius 1 is 0.667 bits per heavy atom. The summed E-state index contributed by atoms with van der Waals surface area (Å²) in [7, 11) is 0. The Morgan fingerprint density at radius 3 is 1.50 bits per heavy atom. The van der Waals surface area contributed by atoms with Crippen molar-refractivity contribution in [3.05, 3.63) is 0 Å². The Labute approximate surface area is 116 Å². The van der Waals surface area contributed by atoms with Crippen LogP contribution in [0, 0.1) is 23.7 Å². The van der Waals surface area contributed by atoms with Crippen LogP contribution >= 0.6 is 0 Å². The molecule has 18 heavy (non-hydrogen) atoms. The van der Waals surface area contributed by atoms with E-state index in [1.54, 1.807) is 19.3 Å². The first-order valence-corrected chi connectivity index (χ1v) is 8.78. The van der Waals surface area contributed by atoms with E-state index in [2.05, 4.69) is 13.8 Å². The minimum absolute atomic E-state index is 1.02. The molecular weight excluding hydrogens is 216 g/mol. The lowest BCUT2D eigenvalue weighted by atomic mass is 9.73. The Kier molecular flexibility index (Phi) is 8.02. The van der Waals surface area contributed by atoms with Crippen LogP contribution in [0.25, 0.3) is 0 Å². The van der Waals surface area contributed by atoms with Crippen LogP contribution < -0.4 is 0 Å². The zero-order valence-corrected chi connectivity index (χ0v) is 13.4. The van der Waals surface area contributed by atoms with Gasteiger partial charge in [-0.25, -0.2) is 0 Å². The summed E-state index contributed by atoms with van der Waals surface area (Å²) < 4.78 is 0. The molecule has 0 N–H and O–H groups in total. The predicted octanol–water partition coefficient (Wildman–Crippen LogP) is 6.45. The highest BCUT2D eigenvalue weighted by Gasteiger charge is 2.25. The van der Waals surface area contributed by atoms with Gasteiger partial charge in [-0.2, -0.15) is 0 Å². The van der Waals surface area contributed by atoms with Crippen LogP contribution in [0.2, 0.25) is 0 Å². The number of hydrogen-bond donors (Lipinski definition) is 0. The summed E-state index contributed by atoms with van der Waals surface area (Å²) in [6.07, 6.45) is 15.2. The quantitative estimate of drug-likeness (QED) is 0.542. The van der Waals surface area contributed by atoms with Gasteiger partial charge in [0.1, 0.15) is 0 Å². The Morgan fingerprint density at radius 2 is 1.06 bits per heavy atom. The molecule has 2 aliphatic rings. The third-order valence-corrected chi connectivity index (χ3v) is 5.35. The van der Waals surface area contributed by atoms with Crippen molar-refractivity contribution in [2.75, 3.05) is 0 Å². The highest BCUT2D eigenvalue weighted by Crippen LogP contribution is 2.38. The van der Waals surface area contributed by atoms with Gasteiger partial charge in [0.25, 0.3) is 0 Å². The van der Waals surface area contributed by atoms with Gasteiger partial charge in [-0.3, -0.25) is 0 Å². The van der Waals surface area contributed by atoms with Crippen molar-refractivity contribution in [2.45, 2.75) is 91.9 Å². The first-order valence-electron chi connectivity index (χ1n) is 8.78. The third-order valence-electron chi connectivity index (χ3n) is 5.35. The van der Waals surface area contributed by atoms with Crippen molar-refractivity contribution in [1.29, 1.82) is 0 Å². The van der Waals surface area contributed by atoms with Crippen molar-refractivity contribution >= 4 is 0 Å². The third kappa shape index (κ3) is 5.33. The molecule has 0 aliphatic heterocycles. The fraction of sp³-hybridized carbons (Fsp3) is 1.00. The summed E-state index contributed by atoms with van der Waals surface area (Å²) >= 11 is 0. The molecule has 0 nitrogen and oxygen atoms in total. The van der Waals surface area contributed by atoms with E-state index in [1.807, 2.05) is 13.8 Å². The predicted molar refractivity (Wildman–Crippen MR) is 82.8 cm³/mol. The maximum atomic E-state index is 2.43. The summed E-state index contributed by atoms with van der Waals surface area (Å²) in [4.78, 5) is 0. The normalized spacial score (nSPS) is 36.7. The van der Waals surface area contributed by atoms with Gasteiger partial charge < -0.3 is 0 Å². The molecule has 0 aromatic carbocycles. The lowest BCUT2D eigenvalue weighted by Crippen LogP contribution is -2.20. The molecule has 2 aliphatic carbocycles. The zero-order chi connectivity index (χ0) is 13.4. The van der Waals surface area contributed by atoms with E-state index in [-0.39, 0.29) is 0 Å². The van der Waals surface area contributed by atoms with E-state index < -0.39 is 0 Å². The van der Waals surface area contributed by atoms with Crippen LogP contribution in [0.15, 0.2) is 0 Å². The average Bonchev–Trinajstić information content (AvgIpc) is 2.44. The van der Waals surface area contributed by atoms with E-state index in [0.717, 1.165) is 23.7 Å². The second-order valence-corrected chi connectivity index (χ2v) is 6.66. The standard InChI is InChI=1S/C16H30.C2H6/c1-3-14-8-10-16(11-9-14)12-15-6-4-13(2)5-7-15;1-2/h13-16H,3-12H2,1-2H3;1-2H3. The van der Waals surface area contributed by atoms with E-state index >= 15 is 0 Å². The Hall–Kier alpha value is 0. The van der Waals surface area contributed by atoms with Gasteiger partial charge in [-0.1, -0.05) is 85.5 Å². The fourth-order valence-corrected chi connectivity index (χ4v) is 3.91. The topological polar surface area (TPSA) is 0 Å². The number of rotatable bonds is 3. The van der Waals surface area contributed by atoms with Gasteiger partial charge in [-0.05, 0) is 30.1 Å². The van der Waals surface area contributed by atoms with E-state index in [9.17, 15) is 0 Å². The molecule has 0 spiro atoms.